The summed E-state index contributed by atoms with van der Waals surface area (Å²) in [4.78, 5) is 2.21. The van der Waals surface area contributed by atoms with Crippen LogP contribution in [0, 0.1) is 0 Å². The number of hydrogen-bond acceptors (Lipinski definition) is 3. The third kappa shape index (κ3) is 2.63. The predicted octanol–water partition coefficient (Wildman–Crippen LogP) is 3.14. The van der Waals surface area contributed by atoms with Gasteiger partial charge in [-0.2, -0.15) is 15.4 Å². The summed E-state index contributed by atoms with van der Waals surface area (Å²) < 4.78 is 0. The molecule has 0 atom stereocenters. The summed E-state index contributed by atoms with van der Waals surface area (Å²) >= 11 is 0. The summed E-state index contributed by atoms with van der Waals surface area (Å²) in [6.45, 7) is 0.685. The molecule has 0 fully saturated rings. The van der Waals surface area contributed by atoms with Crippen molar-refractivity contribution < 1.29 is 0 Å². The third-order valence-electron chi connectivity index (χ3n) is 2.92. The summed E-state index contributed by atoms with van der Waals surface area (Å²) in [5.41, 5.74) is 3.18. The average molecular weight is 250 g/mol. The van der Waals surface area contributed by atoms with E-state index in [1.165, 1.54) is 0 Å². The summed E-state index contributed by atoms with van der Waals surface area (Å²) in [6.07, 6.45) is 1.75. The number of hydrogen-bond donors (Lipinski definition) is 1. The second-order valence-corrected chi connectivity index (χ2v) is 4.22. The number of nitrogens with one attached hydrogen (secondary N) is 1. The Morgan fingerprint density at radius 3 is 1.89 bits per heavy atom. The van der Waals surface area contributed by atoms with E-state index in [0.717, 1.165) is 17.1 Å². The molecule has 1 N–H and O–H groups in total. The van der Waals surface area contributed by atoms with Gasteiger partial charge in [0.15, 0.2) is 0 Å². The van der Waals surface area contributed by atoms with Gasteiger partial charge < -0.3 is 4.90 Å². The normalized spacial score (nSPS) is 10.3. The lowest BCUT2D eigenvalue weighted by Gasteiger charge is -2.23. The summed E-state index contributed by atoms with van der Waals surface area (Å²) in [7, 11) is 0. The van der Waals surface area contributed by atoms with E-state index in [1.807, 2.05) is 36.4 Å². The fourth-order valence-electron chi connectivity index (χ4n) is 2.01. The Labute approximate surface area is 111 Å². The molecule has 0 radical (unpaired) electrons. The highest BCUT2D eigenvalue weighted by Gasteiger charge is 2.10. The first-order valence-corrected chi connectivity index (χ1v) is 6.16. The van der Waals surface area contributed by atoms with Crippen LogP contribution in [0.25, 0.3) is 0 Å². The van der Waals surface area contributed by atoms with E-state index >= 15 is 0 Å². The van der Waals surface area contributed by atoms with Gasteiger partial charge in [0, 0.05) is 11.4 Å². The molecule has 2 aromatic carbocycles. The molecule has 1 aromatic heterocycles. The predicted molar refractivity (Wildman–Crippen MR) is 75.1 cm³/mol. The molecular formula is C15H14N4. The molecule has 0 aliphatic heterocycles. The first-order chi connectivity index (χ1) is 9.43. The molecular weight excluding hydrogens is 236 g/mol. The maximum atomic E-state index is 4.13. The Kier molecular flexibility index (Phi) is 3.23. The fraction of sp³-hybridized carbons (Fsp3) is 0.0667. The van der Waals surface area contributed by atoms with Gasteiger partial charge in [-0.25, -0.2) is 0 Å². The highest BCUT2D eigenvalue weighted by molar-refractivity contribution is 5.62. The van der Waals surface area contributed by atoms with Crippen LogP contribution in [0.1, 0.15) is 5.69 Å². The molecule has 3 rings (SSSR count). The lowest BCUT2D eigenvalue weighted by molar-refractivity contribution is 0.878. The highest BCUT2D eigenvalue weighted by atomic mass is 15.3. The van der Waals surface area contributed by atoms with Gasteiger partial charge in [-0.1, -0.05) is 36.4 Å². The first kappa shape index (κ1) is 11.5. The zero-order valence-corrected chi connectivity index (χ0v) is 10.4. The summed E-state index contributed by atoms with van der Waals surface area (Å²) in [5.74, 6) is 0. The van der Waals surface area contributed by atoms with Gasteiger partial charge in [0.2, 0.25) is 0 Å². The Balaban J connectivity index is 1.96. The molecule has 0 aliphatic rings. The van der Waals surface area contributed by atoms with Gasteiger partial charge >= 0.3 is 0 Å². The van der Waals surface area contributed by atoms with Crippen molar-refractivity contribution >= 4 is 11.4 Å². The minimum Gasteiger partial charge on any atom is -0.335 e. The van der Waals surface area contributed by atoms with Crippen LogP contribution in [0.5, 0.6) is 0 Å². The van der Waals surface area contributed by atoms with E-state index in [4.69, 9.17) is 0 Å². The van der Waals surface area contributed by atoms with Crippen molar-refractivity contribution in [2.24, 2.45) is 0 Å². The van der Waals surface area contributed by atoms with E-state index < -0.39 is 0 Å². The molecule has 0 unspecified atom stereocenters. The van der Waals surface area contributed by atoms with Crippen LogP contribution in [0.15, 0.2) is 66.9 Å². The van der Waals surface area contributed by atoms with Crippen LogP contribution in [-0.4, -0.2) is 15.4 Å². The molecule has 4 nitrogen and oxygen atoms in total. The number of anilines is 2. The van der Waals surface area contributed by atoms with Gasteiger partial charge in [0.1, 0.15) is 5.69 Å². The van der Waals surface area contributed by atoms with Gasteiger partial charge in [0.25, 0.3) is 0 Å². The van der Waals surface area contributed by atoms with Crippen LogP contribution in [0.2, 0.25) is 0 Å². The summed E-state index contributed by atoms with van der Waals surface area (Å²) in [5, 5.41) is 10.6. The number of para-hydroxylation sites is 2. The Morgan fingerprint density at radius 1 is 0.842 bits per heavy atom. The number of aromatic amines is 1. The van der Waals surface area contributed by atoms with Gasteiger partial charge in [-0.05, 0) is 24.3 Å². The third-order valence-corrected chi connectivity index (χ3v) is 2.92. The Bertz CT molecular complexity index is 566. The molecule has 19 heavy (non-hydrogen) atoms. The molecule has 4 heteroatoms. The molecule has 1 heterocycles. The van der Waals surface area contributed by atoms with Crippen LogP contribution in [0.4, 0.5) is 11.4 Å². The average Bonchev–Trinajstić information content (AvgIpc) is 3.00. The fourth-order valence-corrected chi connectivity index (χ4v) is 2.01. The van der Waals surface area contributed by atoms with E-state index in [9.17, 15) is 0 Å². The zero-order valence-electron chi connectivity index (χ0n) is 10.4. The van der Waals surface area contributed by atoms with Crippen LogP contribution in [-0.2, 0) is 6.54 Å². The molecule has 0 amide bonds. The maximum Gasteiger partial charge on any atom is 0.102 e. The lowest BCUT2D eigenvalue weighted by Crippen LogP contribution is -2.16. The minimum absolute atomic E-state index is 0.685. The van der Waals surface area contributed by atoms with Crippen molar-refractivity contribution in [2.75, 3.05) is 4.90 Å². The van der Waals surface area contributed by atoms with Crippen molar-refractivity contribution in [3.63, 3.8) is 0 Å². The molecule has 94 valence electrons. The van der Waals surface area contributed by atoms with E-state index in [-0.39, 0.29) is 0 Å². The van der Waals surface area contributed by atoms with Crippen molar-refractivity contribution in [1.82, 2.24) is 15.4 Å². The van der Waals surface area contributed by atoms with Crippen molar-refractivity contribution in [2.45, 2.75) is 6.54 Å². The number of H-pyrrole nitrogens is 1. The second-order valence-electron chi connectivity index (χ2n) is 4.22. The first-order valence-electron chi connectivity index (χ1n) is 6.16. The quantitative estimate of drug-likeness (QED) is 0.773. The van der Waals surface area contributed by atoms with Crippen molar-refractivity contribution in [3.8, 4) is 0 Å². The van der Waals surface area contributed by atoms with Crippen molar-refractivity contribution in [1.29, 1.82) is 0 Å². The standard InChI is InChI=1S/C15H14N4/c1-3-7-14(8-4-1)19(12-13-11-16-18-17-13)15-9-5-2-6-10-15/h1-11H,12H2,(H,16,17,18). The Hall–Kier alpha value is -2.62. The van der Waals surface area contributed by atoms with Gasteiger partial charge in [-0.3, -0.25) is 0 Å². The summed E-state index contributed by atoms with van der Waals surface area (Å²) in [6, 6.07) is 20.5. The second kappa shape index (κ2) is 5.35. The monoisotopic (exact) mass is 250 g/mol. The van der Waals surface area contributed by atoms with Crippen LogP contribution in [0.3, 0.4) is 0 Å². The molecule has 0 saturated heterocycles. The van der Waals surface area contributed by atoms with Gasteiger partial charge in [-0.15, -0.1) is 0 Å². The largest absolute Gasteiger partial charge is 0.335 e. The van der Waals surface area contributed by atoms with Crippen LogP contribution >= 0.6 is 0 Å². The minimum atomic E-state index is 0.685. The number of aromatic nitrogens is 3. The zero-order chi connectivity index (χ0) is 12.9. The van der Waals surface area contributed by atoms with Gasteiger partial charge in [0.05, 0.1) is 12.7 Å². The topological polar surface area (TPSA) is 44.8 Å². The highest BCUT2D eigenvalue weighted by Crippen LogP contribution is 2.26. The molecule has 0 aliphatic carbocycles. The molecule has 3 aromatic rings. The Morgan fingerprint density at radius 2 is 1.42 bits per heavy atom. The smallest absolute Gasteiger partial charge is 0.102 e. The maximum absolute atomic E-state index is 4.13. The molecule has 0 bridgehead atoms. The van der Waals surface area contributed by atoms with E-state index in [0.29, 0.717) is 6.54 Å². The number of benzene rings is 2. The van der Waals surface area contributed by atoms with Crippen molar-refractivity contribution in [3.05, 3.63) is 72.6 Å². The lowest BCUT2D eigenvalue weighted by atomic mass is 10.2. The number of rotatable bonds is 4. The molecule has 0 saturated carbocycles. The SMILES string of the molecule is c1ccc(N(Cc2cn[nH]n2)c2ccccc2)cc1. The van der Waals surface area contributed by atoms with E-state index in [2.05, 4.69) is 44.6 Å². The van der Waals surface area contributed by atoms with E-state index in [1.54, 1.807) is 6.20 Å². The van der Waals surface area contributed by atoms with Crippen LogP contribution < -0.4 is 4.90 Å². The molecule has 0 spiro atoms. The number of nitrogens with zero attached hydrogens (tertiary/aromatic N) is 3.